The Morgan fingerprint density at radius 1 is 1.16 bits per heavy atom. The van der Waals surface area contributed by atoms with E-state index in [0.29, 0.717) is 12.8 Å². The molecular weight excluding hydrogens is 248 g/mol. The molecule has 0 aromatic heterocycles. The third-order valence-corrected chi connectivity index (χ3v) is 3.52. The normalized spacial score (nSPS) is 23.0. The van der Waals surface area contributed by atoms with Crippen LogP contribution >= 0.6 is 0 Å². The predicted octanol–water partition coefficient (Wildman–Crippen LogP) is 1.33. The maximum atomic E-state index is 12.1. The molecule has 1 saturated heterocycles. The molecule has 1 amide bonds. The van der Waals surface area contributed by atoms with Crippen LogP contribution < -0.4 is 5.32 Å². The second-order valence-electron chi connectivity index (χ2n) is 6.49. The number of hydrogen-bond donors (Lipinski definition) is 2. The second-order valence-corrected chi connectivity index (χ2v) is 6.49. The van der Waals surface area contributed by atoms with Crippen molar-refractivity contribution >= 4 is 11.9 Å². The van der Waals surface area contributed by atoms with E-state index < -0.39 is 17.0 Å². The summed E-state index contributed by atoms with van der Waals surface area (Å²) >= 11 is 0. The first-order chi connectivity index (χ1) is 8.54. The van der Waals surface area contributed by atoms with Gasteiger partial charge in [0.05, 0.1) is 6.42 Å². The molecule has 0 saturated carbocycles. The Morgan fingerprint density at radius 2 is 1.63 bits per heavy atom. The average Bonchev–Trinajstić information content (AvgIpc) is 2.22. The largest absolute Gasteiger partial charge is 0.481 e. The summed E-state index contributed by atoms with van der Waals surface area (Å²) in [7, 11) is 0. The number of piperidine rings is 1. The molecular formula is C13H23N2O4. The number of nitrogens with one attached hydrogen (secondary N) is 1. The molecule has 0 aromatic carbocycles. The Balaban J connectivity index is 2.60. The van der Waals surface area contributed by atoms with Crippen molar-refractivity contribution in [3.63, 3.8) is 0 Å². The zero-order valence-corrected chi connectivity index (χ0v) is 12.0. The van der Waals surface area contributed by atoms with Gasteiger partial charge in [-0.05, 0) is 40.5 Å². The molecule has 1 rings (SSSR count). The van der Waals surface area contributed by atoms with Gasteiger partial charge in [0, 0.05) is 23.5 Å². The van der Waals surface area contributed by atoms with E-state index in [2.05, 4.69) is 5.32 Å². The molecule has 0 unspecified atom stereocenters. The molecule has 6 heteroatoms. The monoisotopic (exact) mass is 271 g/mol. The summed E-state index contributed by atoms with van der Waals surface area (Å²) < 4.78 is 0. The Hall–Kier alpha value is -1.14. The summed E-state index contributed by atoms with van der Waals surface area (Å²) in [5.74, 6) is -1.25. The van der Waals surface area contributed by atoms with Crippen molar-refractivity contribution in [2.75, 3.05) is 0 Å². The summed E-state index contributed by atoms with van der Waals surface area (Å²) in [6.07, 6.45) is 0.949. The lowest BCUT2D eigenvalue weighted by Gasteiger charge is -2.50. The van der Waals surface area contributed by atoms with Gasteiger partial charge < -0.3 is 10.4 Å². The van der Waals surface area contributed by atoms with Crippen LogP contribution in [0.3, 0.4) is 0 Å². The van der Waals surface area contributed by atoms with Gasteiger partial charge >= 0.3 is 5.97 Å². The molecule has 1 heterocycles. The maximum Gasteiger partial charge on any atom is 0.303 e. The molecule has 0 aliphatic carbocycles. The minimum atomic E-state index is -0.981. The zero-order valence-electron chi connectivity index (χ0n) is 12.0. The number of nitrogens with zero attached hydrogens (tertiary/aromatic N) is 1. The first kappa shape index (κ1) is 15.9. The highest BCUT2D eigenvalue weighted by Gasteiger charge is 2.46. The van der Waals surface area contributed by atoms with Crippen LogP contribution in [0.4, 0.5) is 0 Å². The van der Waals surface area contributed by atoms with Gasteiger partial charge in [-0.15, -0.1) is 10.3 Å². The van der Waals surface area contributed by atoms with Gasteiger partial charge in [0.25, 0.3) is 0 Å². The summed E-state index contributed by atoms with van der Waals surface area (Å²) in [6.45, 7) is 7.43. The number of amides is 1. The lowest BCUT2D eigenvalue weighted by Crippen LogP contribution is -2.62. The molecule has 19 heavy (non-hydrogen) atoms. The molecule has 6 nitrogen and oxygen atoms in total. The van der Waals surface area contributed by atoms with Gasteiger partial charge in [-0.2, -0.15) is 0 Å². The van der Waals surface area contributed by atoms with E-state index in [0.717, 1.165) is 5.06 Å². The maximum absolute atomic E-state index is 12.1. The zero-order chi connectivity index (χ0) is 14.8. The Bertz CT molecular complexity index is 348. The third-order valence-electron chi connectivity index (χ3n) is 3.52. The molecule has 2 N–H and O–H groups in total. The van der Waals surface area contributed by atoms with Crippen LogP contribution in [0.15, 0.2) is 0 Å². The Labute approximate surface area is 113 Å². The first-order valence-corrected chi connectivity index (χ1v) is 6.53. The van der Waals surface area contributed by atoms with Gasteiger partial charge in [-0.25, -0.2) is 0 Å². The smallest absolute Gasteiger partial charge is 0.303 e. The van der Waals surface area contributed by atoms with Crippen LogP contribution in [0.2, 0.25) is 0 Å². The van der Waals surface area contributed by atoms with Crippen LogP contribution in [-0.4, -0.2) is 39.2 Å². The van der Waals surface area contributed by atoms with Gasteiger partial charge in [0.15, 0.2) is 0 Å². The quantitative estimate of drug-likeness (QED) is 0.807. The topological polar surface area (TPSA) is 89.5 Å². The van der Waals surface area contributed by atoms with Crippen molar-refractivity contribution in [3.05, 3.63) is 0 Å². The van der Waals surface area contributed by atoms with Crippen LogP contribution in [0.1, 0.15) is 53.4 Å². The number of carbonyl (C=O) groups excluding carboxylic acids is 1. The van der Waals surface area contributed by atoms with E-state index in [9.17, 15) is 14.8 Å². The third kappa shape index (κ3) is 4.18. The van der Waals surface area contributed by atoms with E-state index >= 15 is 0 Å². The summed E-state index contributed by atoms with van der Waals surface area (Å²) in [5, 5.41) is 24.6. The van der Waals surface area contributed by atoms with Crippen LogP contribution in [-0.2, 0) is 14.8 Å². The summed E-state index contributed by atoms with van der Waals surface area (Å²) in [4.78, 5) is 22.1. The van der Waals surface area contributed by atoms with Crippen LogP contribution in [0, 0.1) is 0 Å². The second kappa shape index (κ2) is 5.46. The minimum absolute atomic E-state index is 0.0201. The SMILES string of the molecule is CC1(C)CC(NC(=O)CCC(=O)O)CC(C)(C)N1[O]. The molecule has 1 aliphatic heterocycles. The van der Waals surface area contributed by atoms with Crippen molar-refractivity contribution in [1.29, 1.82) is 0 Å². The predicted molar refractivity (Wildman–Crippen MR) is 68.7 cm³/mol. The molecule has 1 fully saturated rings. The first-order valence-electron chi connectivity index (χ1n) is 6.53. The number of rotatable bonds is 4. The lowest BCUT2D eigenvalue weighted by atomic mass is 9.79. The van der Waals surface area contributed by atoms with Gasteiger partial charge in [0.1, 0.15) is 0 Å². The number of carbonyl (C=O) groups is 2. The lowest BCUT2D eigenvalue weighted by molar-refractivity contribution is -0.290. The summed E-state index contributed by atoms with van der Waals surface area (Å²) in [5.41, 5.74) is -1.07. The van der Waals surface area contributed by atoms with E-state index in [1.165, 1.54) is 0 Å². The van der Waals surface area contributed by atoms with Crippen molar-refractivity contribution in [2.24, 2.45) is 0 Å². The van der Waals surface area contributed by atoms with E-state index in [-0.39, 0.29) is 24.8 Å². The molecule has 109 valence electrons. The molecule has 0 bridgehead atoms. The molecule has 1 aliphatic rings. The van der Waals surface area contributed by atoms with E-state index in [1.807, 2.05) is 27.7 Å². The average molecular weight is 271 g/mol. The number of aliphatic carboxylic acids is 1. The van der Waals surface area contributed by atoms with Crippen LogP contribution in [0.25, 0.3) is 0 Å². The summed E-state index contributed by atoms with van der Waals surface area (Å²) in [6, 6.07) is -0.0866. The standard InChI is InChI=1S/C13H23N2O4/c1-12(2)7-9(8-13(3,4)15(12)19)14-10(16)5-6-11(17)18/h9H,5-8H2,1-4H3,(H,14,16)(H,17,18). The van der Waals surface area contributed by atoms with Crippen molar-refractivity contribution < 1.29 is 19.9 Å². The number of carboxylic acids is 1. The fourth-order valence-electron chi connectivity index (χ4n) is 2.89. The van der Waals surface area contributed by atoms with Gasteiger partial charge in [-0.3, -0.25) is 9.59 Å². The molecule has 0 aromatic rings. The number of hydrogen-bond acceptors (Lipinski definition) is 3. The van der Waals surface area contributed by atoms with Gasteiger partial charge in [0.2, 0.25) is 5.91 Å². The fraction of sp³-hybridized carbons (Fsp3) is 0.846. The van der Waals surface area contributed by atoms with Crippen LogP contribution in [0.5, 0.6) is 0 Å². The number of hydroxylamine groups is 2. The van der Waals surface area contributed by atoms with E-state index in [4.69, 9.17) is 5.11 Å². The highest BCUT2D eigenvalue weighted by Crippen LogP contribution is 2.36. The van der Waals surface area contributed by atoms with Crippen molar-refractivity contribution in [2.45, 2.75) is 70.5 Å². The highest BCUT2D eigenvalue weighted by molar-refractivity contribution is 5.80. The highest BCUT2D eigenvalue weighted by atomic mass is 16.5. The van der Waals surface area contributed by atoms with E-state index in [1.54, 1.807) is 0 Å². The molecule has 0 spiro atoms. The van der Waals surface area contributed by atoms with Crippen molar-refractivity contribution in [1.82, 2.24) is 10.4 Å². The molecule has 0 atom stereocenters. The van der Waals surface area contributed by atoms with Gasteiger partial charge in [-0.1, -0.05) is 0 Å². The Kier molecular flexibility index (Phi) is 4.58. The fourth-order valence-corrected chi connectivity index (χ4v) is 2.89. The minimum Gasteiger partial charge on any atom is -0.481 e. The Morgan fingerprint density at radius 3 is 2.05 bits per heavy atom. The number of carboxylic acid groups (broad SMARTS) is 1. The van der Waals surface area contributed by atoms with Crippen molar-refractivity contribution in [3.8, 4) is 0 Å². The molecule has 1 radical (unpaired) electrons.